The predicted octanol–water partition coefficient (Wildman–Crippen LogP) is 0.465. The number of nitrogens with zero attached hydrogens (tertiary/aromatic N) is 1. The molecule has 0 fully saturated rings. The number of aliphatic hydroxyl groups is 1. The molecule has 1 unspecified atom stereocenters. The van der Waals surface area contributed by atoms with E-state index in [9.17, 15) is 15.2 Å². The second-order valence-electron chi connectivity index (χ2n) is 3.36. The number of nitrogens with two attached hydrogens (primary N) is 1. The van der Waals surface area contributed by atoms with Gasteiger partial charge in [-0.15, -0.1) is 0 Å². The van der Waals surface area contributed by atoms with Gasteiger partial charge in [-0.3, -0.25) is 10.1 Å². The van der Waals surface area contributed by atoms with E-state index in [-0.39, 0.29) is 18.0 Å². The van der Waals surface area contributed by atoms with Crippen molar-refractivity contribution in [3.8, 4) is 5.75 Å². The minimum absolute atomic E-state index is 0.107. The van der Waals surface area contributed by atoms with Crippen LogP contribution in [-0.2, 0) is 6.42 Å². The van der Waals surface area contributed by atoms with Gasteiger partial charge < -0.3 is 15.6 Å². The fourth-order valence-corrected chi connectivity index (χ4v) is 1.36. The van der Waals surface area contributed by atoms with Crippen LogP contribution in [0.1, 0.15) is 5.56 Å². The Labute approximate surface area is 92.8 Å². The van der Waals surface area contributed by atoms with Crippen LogP contribution in [0.3, 0.4) is 0 Å². The topological polar surface area (TPSA) is 98.6 Å². The summed E-state index contributed by atoms with van der Waals surface area (Å²) in [6.07, 6.45) is -0.394. The first kappa shape index (κ1) is 12.4. The van der Waals surface area contributed by atoms with Crippen molar-refractivity contribution in [2.24, 2.45) is 5.73 Å². The molecule has 1 atom stereocenters. The lowest BCUT2D eigenvalue weighted by Gasteiger charge is -2.08. The number of hydrogen-bond acceptors (Lipinski definition) is 5. The van der Waals surface area contributed by atoms with E-state index < -0.39 is 11.0 Å². The summed E-state index contributed by atoms with van der Waals surface area (Å²) in [5, 5.41) is 20.1. The molecular weight excluding hydrogens is 212 g/mol. The quantitative estimate of drug-likeness (QED) is 0.561. The lowest BCUT2D eigenvalue weighted by atomic mass is 10.1. The van der Waals surface area contributed by atoms with Gasteiger partial charge in [0.2, 0.25) is 0 Å². The number of nitro groups is 1. The molecule has 0 aliphatic rings. The monoisotopic (exact) mass is 226 g/mol. The third-order valence-corrected chi connectivity index (χ3v) is 2.18. The predicted molar refractivity (Wildman–Crippen MR) is 58.4 cm³/mol. The van der Waals surface area contributed by atoms with Gasteiger partial charge in [0.1, 0.15) is 0 Å². The van der Waals surface area contributed by atoms with Crippen molar-refractivity contribution in [1.82, 2.24) is 0 Å². The lowest BCUT2D eigenvalue weighted by Crippen LogP contribution is -2.21. The molecule has 1 aromatic rings. The SMILES string of the molecule is COc1ccc(CC(O)CN)cc1[N+](=O)[O-]. The highest BCUT2D eigenvalue weighted by atomic mass is 16.6. The van der Waals surface area contributed by atoms with Crippen molar-refractivity contribution in [2.45, 2.75) is 12.5 Å². The minimum atomic E-state index is -0.687. The maximum absolute atomic E-state index is 10.7. The molecule has 1 rings (SSSR count). The van der Waals surface area contributed by atoms with Gasteiger partial charge in [0.15, 0.2) is 5.75 Å². The molecule has 0 aromatic heterocycles. The standard InChI is InChI=1S/C10H14N2O4/c1-16-10-3-2-7(4-8(13)6-11)5-9(10)12(14)15/h2-3,5,8,13H,4,6,11H2,1H3. The van der Waals surface area contributed by atoms with E-state index in [1.165, 1.54) is 19.2 Å². The molecule has 0 aliphatic carbocycles. The number of aliphatic hydroxyl groups excluding tert-OH is 1. The Kier molecular flexibility index (Phi) is 4.21. The van der Waals surface area contributed by atoms with Crippen molar-refractivity contribution >= 4 is 5.69 Å². The fraction of sp³-hybridized carbons (Fsp3) is 0.400. The van der Waals surface area contributed by atoms with Crippen LogP contribution >= 0.6 is 0 Å². The Bertz CT molecular complexity index is 381. The molecule has 0 saturated heterocycles. The van der Waals surface area contributed by atoms with E-state index in [4.69, 9.17) is 10.5 Å². The Morgan fingerprint density at radius 2 is 2.31 bits per heavy atom. The first-order chi connectivity index (χ1) is 7.58. The Morgan fingerprint density at radius 3 is 2.81 bits per heavy atom. The van der Waals surface area contributed by atoms with Crippen LogP contribution in [0.4, 0.5) is 5.69 Å². The summed E-state index contributed by atoms with van der Waals surface area (Å²) in [7, 11) is 1.37. The molecular formula is C10H14N2O4. The summed E-state index contributed by atoms with van der Waals surface area (Å²) < 4.78 is 4.86. The number of nitro benzene ring substituents is 1. The highest BCUT2D eigenvalue weighted by Gasteiger charge is 2.16. The fourth-order valence-electron chi connectivity index (χ4n) is 1.36. The van der Waals surface area contributed by atoms with E-state index in [1.54, 1.807) is 6.07 Å². The Hall–Kier alpha value is -1.66. The summed E-state index contributed by atoms with van der Waals surface area (Å²) in [5.41, 5.74) is 5.82. The molecule has 0 amide bonds. The first-order valence-corrected chi connectivity index (χ1v) is 4.78. The Balaban J connectivity index is 2.97. The van der Waals surface area contributed by atoms with Gasteiger partial charge in [-0.05, 0) is 18.1 Å². The second-order valence-corrected chi connectivity index (χ2v) is 3.36. The third-order valence-electron chi connectivity index (χ3n) is 2.18. The van der Waals surface area contributed by atoms with Crippen molar-refractivity contribution in [3.63, 3.8) is 0 Å². The zero-order chi connectivity index (χ0) is 12.1. The van der Waals surface area contributed by atoms with E-state index in [0.29, 0.717) is 12.0 Å². The molecule has 0 aliphatic heterocycles. The maximum atomic E-state index is 10.7. The third kappa shape index (κ3) is 2.91. The summed E-state index contributed by atoms with van der Waals surface area (Å²) in [4.78, 5) is 10.2. The molecule has 0 heterocycles. The number of methoxy groups -OCH3 is 1. The molecule has 0 saturated carbocycles. The van der Waals surface area contributed by atoms with Crippen molar-refractivity contribution in [1.29, 1.82) is 0 Å². The van der Waals surface area contributed by atoms with E-state index in [1.807, 2.05) is 0 Å². The molecule has 0 spiro atoms. The van der Waals surface area contributed by atoms with Gasteiger partial charge in [0, 0.05) is 12.6 Å². The number of ether oxygens (including phenoxy) is 1. The molecule has 1 aromatic carbocycles. The lowest BCUT2D eigenvalue weighted by molar-refractivity contribution is -0.385. The molecule has 16 heavy (non-hydrogen) atoms. The molecule has 6 heteroatoms. The first-order valence-electron chi connectivity index (χ1n) is 4.78. The smallest absolute Gasteiger partial charge is 0.311 e. The van der Waals surface area contributed by atoms with Gasteiger partial charge in [-0.25, -0.2) is 0 Å². The van der Waals surface area contributed by atoms with Crippen molar-refractivity contribution in [2.75, 3.05) is 13.7 Å². The molecule has 88 valence electrons. The van der Waals surface area contributed by atoms with Crippen LogP contribution in [0.25, 0.3) is 0 Å². The summed E-state index contributed by atoms with van der Waals surface area (Å²) >= 11 is 0. The van der Waals surface area contributed by atoms with Gasteiger partial charge in [0.25, 0.3) is 0 Å². The van der Waals surface area contributed by atoms with E-state index in [2.05, 4.69) is 0 Å². The highest BCUT2D eigenvalue weighted by molar-refractivity contribution is 5.48. The van der Waals surface area contributed by atoms with Crippen LogP contribution in [0, 0.1) is 10.1 Å². The Morgan fingerprint density at radius 1 is 1.62 bits per heavy atom. The average Bonchev–Trinajstić information content (AvgIpc) is 2.28. The average molecular weight is 226 g/mol. The van der Waals surface area contributed by atoms with Gasteiger partial charge >= 0.3 is 5.69 Å². The van der Waals surface area contributed by atoms with Crippen molar-refractivity contribution in [3.05, 3.63) is 33.9 Å². The zero-order valence-electron chi connectivity index (χ0n) is 8.92. The van der Waals surface area contributed by atoms with Crippen molar-refractivity contribution < 1.29 is 14.8 Å². The van der Waals surface area contributed by atoms with Gasteiger partial charge in [-0.1, -0.05) is 6.07 Å². The minimum Gasteiger partial charge on any atom is -0.490 e. The van der Waals surface area contributed by atoms with Crippen LogP contribution in [-0.4, -0.2) is 29.8 Å². The normalized spacial score (nSPS) is 12.2. The number of benzene rings is 1. The molecule has 3 N–H and O–H groups in total. The number of rotatable bonds is 5. The van der Waals surface area contributed by atoms with Crippen LogP contribution in [0.2, 0.25) is 0 Å². The van der Waals surface area contributed by atoms with Crippen LogP contribution in [0.15, 0.2) is 18.2 Å². The van der Waals surface area contributed by atoms with Crippen LogP contribution in [0.5, 0.6) is 5.75 Å². The van der Waals surface area contributed by atoms with Gasteiger partial charge in [0.05, 0.1) is 18.1 Å². The summed E-state index contributed by atoms with van der Waals surface area (Å²) in [6.45, 7) is 0.125. The number of hydrogen-bond donors (Lipinski definition) is 2. The van der Waals surface area contributed by atoms with Gasteiger partial charge in [-0.2, -0.15) is 0 Å². The molecule has 0 radical (unpaired) electrons. The van der Waals surface area contributed by atoms with Crippen LogP contribution < -0.4 is 10.5 Å². The summed E-state index contributed by atoms with van der Waals surface area (Å²) in [6, 6.07) is 4.57. The van der Waals surface area contributed by atoms with E-state index in [0.717, 1.165) is 0 Å². The zero-order valence-corrected chi connectivity index (χ0v) is 8.92. The molecule has 6 nitrogen and oxygen atoms in total. The second kappa shape index (κ2) is 5.43. The van der Waals surface area contributed by atoms with E-state index >= 15 is 0 Å². The maximum Gasteiger partial charge on any atom is 0.311 e. The summed E-state index contributed by atoms with van der Waals surface area (Å²) in [5.74, 6) is 0.205. The highest BCUT2D eigenvalue weighted by Crippen LogP contribution is 2.27. The largest absolute Gasteiger partial charge is 0.490 e. The molecule has 0 bridgehead atoms.